The fourth-order valence-corrected chi connectivity index (χ4v) is 2.63. The largest absolute Gasteiger partial charge is 0.494 e. The summed E-state index contributed by atoms with van der Waals surface area (Å²) in [5, 5.41) is 0. The van der Waals surface area contributed by atoms with Gasteiger partial charge in [0.15, 0.2) is 6.29 Å². The van der Waals surface area contributed by atoms with Gasteiger partial charge in [-0.1, -0.05) is 30.9 Å². The quantitative estimate of drug-likeness (QED) is 0.777. The highest BCUT2D eigenvalue weighted by Crippen LogP contribution is 2.22. The van der Waals surface area contributed by atoms with E-state index in [9.17, 15) is 0 Å². The number of rotatable bonds is 4. The molecular formula is C22H24O3. The number of hydrogen-bond donors (Lipinski definition) is 0. The number of benzene rings is 2. The van der Waals surface area contributed by atoms with E-state index in [4.69, 9.17) is 14.2 Å². The Hall–Kier alpha value is -2.28. The SMILES string of the molecule is CCCOc1ccc(C#Cc2ccc(C3COC(C)OC3)cc2)cc1. The summed E-state index contributed by atoms with van der Waals surface area (Å²) in [6, 6.07) is 16.2. The molecule has 1 heterocycles. The van der Waals surface area contributed by atoms with Gasteiger partial charge in [-0.05, 0) is 55.3 Å². The van der Waals surface area contributed by atoms with Crippen LogP contribution in [0, 0.1) is 11.8 Å². The molecular weight excluding hydrogens is 312 g/mol. The highest BCUT2D eigenvalue weighted by atomic mass is 16.7. The molecule has 0 unspecified atom stereocenters. The van der Waals surface area contributed by atoms with Gasteiger partial charge in [0.1, 0.15) is 5.75 Å². The van der Waals surface area contributed by atoms with Gasteiger partial charge in [0.2, 0.25) is 0 Å². The second-order valence-electron chi connectivity index (χ2n) is 6.18. The van der Waals surface area contributed by atoms with Gasteiger partial charge in [-0.25, -0.2) is 0 Å². The van der Waals surface area contributed by atoms with Gasteiger partial charge in [0, 0.05) is 17.0 Å². The fraction of sp³-hybridized carbons (Fsp3) is 0.364. The summed E-state index contributed by atoms with van der Waals surface area (Å²) < 4.78 is 16.7. The van der Waals surface area contributed by atoms with Gasteiger partial charge in [-0.2, -0.15) is 0 Å². The highest BCUT2D eigenvalue weighted by Gasteiger charge is 2.20. The zero-order chi connectivity index (χ0) is 17.5. The fourth-order valence-electron chi connectivity index (χ4n) is 2.63. The van der Waals surface area contributed by atoms with Crippen LogP contribution >= 0.6 is 0 Å². The third kappa shape index (κ3) is 5.09. The molecule has 3 heteroatoms. The molecule has 1 aliphatic rings. The summed E-state index contributed by atoms with van der Waals surface area (Å²) in [6.45, 7) is 6.18. The van der Waals surface area contributed by atoms with Gasteiger partial charge < -0.3 is 14.2 Å². The van der Waals surface area contributed by atoms with Gasteiger partial charge in [-0.15, -0.1) is 0 Å². The van der Waals surface area contributed by atoms with Gasteiger partial charge >= 0.3 is 0 Å². The van der Waals surface area contributed by atoms with Crippen LogP contribution in [0.4, 0.5) is 0 Å². The van der Waals surface area contributed by atoms with Gasteiger partial charge in [-0.3, -0.25) is 0 Å². The predicted octanol–water partition coefficient (Wildman–Crippen LogP) is 4.35. The first-order valence-electron chi connectivity index (χ1n) is 8.82. The minimum atomic E-state index is -0.0971. The van der Waals surface area contributed by atoms with Crippen molar-refractivity contribution in [3.8, 4) is 17.6 Å². The van der Waals surface area contributed by atoms with E-state index in [0.717, 1.165) is 29.9 Å². The second kappa shape index (κ2) is 8.71. The van der Waals surface area contributed by atoms with Crippen LogP contribution in [-0.4, -0.2) is 26.1 Å². The maximum Gasteiger partial charge on any atom is 0.154 e. The molecule has 0 amide bonds. The molecule has 25 heavy (non-hydrogen) atoms. The molecule has 1 fully saturated rings. The lowest BCUT2D eigenvalue weighted by atomic mass is 9.99. The Bertz CT molecular complexity index is 715. The minimum absolute atomic E-state index is 0.0971. The van der Waals surface area contributed by atoms with E-state index >= 15 is 0 Å². The van der Waals surface area contributed by atoms with E-state index < -0.39 is 0 Å². The van der Waals surface area contributed by atoms with Crippen LogP contribution in [0.25, 0.3) is 0 Å². The normalized spacial score (nSPS) is 19.8. The smallest absolute Gasteiger partial charge is 0.154 e. The van der Waals surface area contributed by atoms with Crippen molar-refractivity contribution < 1.29 is 14.2 Å². The molecule has 130 valence electrons. The summed E-state index contributed by atoms with van der Waals surface area (Å²) in [5.74, 6) is 7.59. The van der Waals surface area contributed by atoms with E-state index in [1.165, 1.54) is 5.56 Å². The van der Waals surface area contributed by atoms with Crippen molar-refractivity contribution in [2.24, 2.45) is 0 Å². The zero-order valence-corrected chi connectivity index (χ0v) is 14.8. The first-order valence-corrected chi connectivity index (χ1v) is 8.82. The van der Waals surface area contributed by atoms with Crippen LogP contribution in [0.2, 0.25) is 0 Å². The van der Waals surface area contributed by atoms with Crippen LogP contribution in [0.1, 0.15) is 42.9 Å². The van der Waals surface area contributed by atoms with Crippen molar-refractivity contribution in [3.05, 3.63) is 65.2 Å². The van der Waals surface area contributed by atoms with Crippen molar-refractivity contribution >= 4 is 0 Å². The van der Waals surface area contributed by atoms with Crippen molar-refractivity contribution in [1.29, 1.82) is 0 Å². The maximum atomic E-state index is 5.58. The molecule has 3 rings (SSSR count). The molecule has 0 saturated carbocycles. The molecule has 1 saturated heterocycles. The molecule has 0 aromatic heterocycles. The summed E-state index contributed by atoms with van der Waals surface area (Å²) in [6.07, 6.45) is 0.913. The van der Waals surface area contributed by atoms with Crippen molar-refractivity contribution in [2.45, 2.75) is 32.5 Å². The predicted molar refractivity (Wildman–Crippen MR) is 98.8 cm³/mol. The summed E-state index contributed by atoms with van der Waals surface area (Å²) in [4.78, 5) is 0. The average molecular weight is 336 g/mol. The Kier molecular flexibility index (Phi) is 6.11. The van der Waals surface area contributed by atoms with Crippen molar-refractivity contribution in [1.82, 2.24) is 0 Å². The Labute approximate surface area is 149 Å². The van der Waals surface area contributed by atoms with Crippen LogP contribution < -0.4 is 4.74 Å². The Morgan fingerprint density at radius 3 is 2.04 bits per heavy atom. The lowest BCUT2D eigenvalue weighted by Gasteiger charge is -2.27. The third-order valence-corrected chi connectivity index (χ3v) is 4.12. The van der Waals surface area contributed by atoms with Crippen LogP contribution in [0.5, 0.6) is 5.75 Å². The standard InChI is InChI=1S/C22H24O3/c1-3-14-23-22-12-8-19(9-13-22)5-4-18-6-10-20(11-7-18)21-15-24-17(2)25-16-21/h6-13,17,21H,3,14-16H2,1-2H3. The summed E-state index contributed by atoms with van der Waals surface area (Å²) in [5.41, 5.74) is 3.21. The lowest BCUT2D eigenvalue weighted by Crippen LogP contribution is -2.28. The van der Waals surface area contributed by atoms with E-state index in [2.05, 4.69) is 43.0 Å². The molecule has 0 atom stereocenters. The third-order valence-electron chi connectivity index (χ3n) is 4.12. The molecule has 0 spiro atoms. The molecule has 1 aliphatic heterocycles. The van der Waals surface area contributed by atoms with Gasteiger partial charge in [0.05, 0.1) is 19.8 Å². The Balaban J connectivity index is 1.61. The first kappa shape index (κ1) is 17.5. The molecule has 0 bridgehead atoms. The number of ether oxygens (including phenoxy) is 3. The second-order valence-corrected chi connectivity index (χ2v) is 6.18. The maximum absolute atomic E-state index is 5.58. The zero-order valence-electron chi connectivity index (χ0n) is 14.8. The van der Waals surface area contributed by atoms with Crippen LogP contribution in [0.15, 0.2) is 48.5 Å². The first-order chi connectivity index (χ1) is 12.2. The number of hydrogen-bond acceptors (Lipinski definition) is 3. The van der Waals surface area contributed by atoms with Crippen molar-refractivity contribution in [3.63, 3.8) is 0 Å². The van der Waals surface area contributed by atoms with E-state index in [0.29, 0.717) is 19.1 Å². The molecule has 3 nitrogen and oxygen atoms in total. The van der Waals surface area contributed by atoms with E-state index in [1.807, 2.05) is 31.2 Å². The molecule has 2 aromatic carbocycles. The molecule has 0 radical (unpaired) electrons. The monoisotopic (exact) mass is 336 g/mol. The summed E-state index contributed by atoms with van der Waals surface area (Å²) in [7, 11) is 0. The topological polar surface area (TPSA) is 27.7 Å². The van der Waals surface area contributed by atoms with Gasteiger partial charge in [0.25, 0.3) is 0 Å². The van der Waals surface area contributed by atoms with E-state index in [-0.39, 0.29) is 6.29 Å². The van der Waals surface area contributed by atoms with Crippen LogP contribution in [-0.2, 0) is 9.47 Å². The average Bonchev–Trinajstić information content (AvgIpc) is 2.67. The van der Waals surface area contributed by atoms with Crippen LogP contribution in [0.3, 0.4) is 0 Å². The van der Waals surface area contributed by atoms with E-state index in [1.54, 1.807) is 0 Å². The molecule has 2 aromatic rings. The highest BCUT2D eigenvalue weighted by molar-refractivity contribution is 5.45. The Morgan fingerprint density at radius 2 is 1.48 bits per heavy atom. The Morgan fingerprint density at radius 1 is 0.920 bits per heavy atom. The molecule has 0 aliphatic carbocycles. The minimum Gasteiger partial charge on any atom is -0.494 e. The summed E-state index contributed by atoms with van der Waals surface area (Å²) >= 11 is 0. The van der Waals surface area contributed by atoms with Crippen molar-refractivity contribution in [2.75, 3.05) is 19.8 Å². The lowest BCUT2D eigenvalue weighted by molar-refractivity contribution is -0.176. The molecule has 0 N–H and O–H groups in total.